The van der Waals surface area contributed by atoms with E-state index in [1.54, 1.807) is 12.1 Å². The number of carboxylic acids is 1. The minimum absolute atomic E-state index is 0.124. The number of phenols is 1. The molecular formula is C12H13BrO3. The normalized spacial score (nSPS) is 26.4. The van der Waals surface area contributed by atoms with E-state index in [0.29, 0.717) is 5.56 Å². The zero-order chi connectivity index (χ0) is 12.1. The summed E-state index contributed by atoms with van der Waals surface area (Å²) in [6.45, 7) is 3.82. The van der Waals surface area contributed by atoms with Crippen LogP contribution in [0.5, 0.6) is 5.75 Å². The first kappa shape index (κ1) is 11.5. The van der Waals surface area contributed by atoms with E-state index < -0.39 is 11.9 Å². The zero-order valence-electron chi connectivity index (χ0n) is 9.07. The van der Waals surface area contributed by atoms with E-state index >= 15 is 0 Å². The fourth-order valence-corrected chi connectivity index (χ4v) is 3.07. The van der Waals surface area contributed by atoms with Gasteiger partial charge in [0, 0.05) is 16.0 Å². The molecule has 0 bridgehead atoms. The molecule has 1 saturated carbocycles. The number of rotatable bonds is 2. The quantitative estimate of drug-likeness (QED) is 0.878. The molecule has 2 atom stereocenters. The van der Waals surface area contributed by atoms with E-state index in [-0.39, 0.29) is 17.1 Å². The molecule has 1 aliphatic carbocycles. The molecule has 2 N–H and O–H groups in total. The monoisotopic (exact) mass is 284 g/mol. The molecule has 86 valence electrons. The molecule has 3 nitrogen and oxygen atoms in total. The van der Waals surface area contributed by atoms with Crippen LogP contribution in [0.3, 0.4) is 0 Å². The summed E-state index contributed by atoms with van der Waals surface area (Å²) in [5.74, 6) is -1.18. The largest absolute Gasteiger partial charge is 0.508 e. The first-order valence-corrected chi connectivity index (χ1v) is 5.87. The van der Waals surface area contributed by atoms with Gasteiger partial charge in [-0.2, -0.15) is 0 Å². The molecule has 0 amide bonds. The zero-order valence-corrected chi connectivity index (χ0v) is 10.7. The Morgan fingerprint density at radius 3 is 2.50 bits per heavy atom. The number of carbonyl (C=O) groups is 1. The van der Waals surface area contributed by atoms with Gasteiger partial charge < -0.3 is 10.2 Å². The van der Waals surface area contributed by atoms with Gasteiger partial charge >= 0.3 is 5.97 Å². The molecule has 0 saturated heterocycles. The number of hydrogen-bond donors (Lipinski definition) is 2. The third-order valence-corrected chi connectivity index (χ3v) is 4.13. The van der Waals surface area contributed by atoms with Crippen LogP contribution in [0.1, 0.15) is 25.3 Å². The van der Waals surface area contributed by atoms with E-state index in [4.69, 9.17) is 5.11 Å². The van der Waals surface area contributed by atoms with Gasteiger partial charge in [0.2, 0.25) is 0 Å². The fourth-order valence-electron chi connectivity index (χ4n) is 2.47. The number of halogens is 1. The minimum Gasteiger partial charge on any atom is -0.508 e. The third kappa shape index (κ3) is 1.52. The number of aromatic hydroxyl groups is 1. The van der Waals surface area contributed by atoms with Gasteiger partial charge in [-0.3, -0.25) is 4.79 Å². The SMILES string of the molecule is CC1(C)C(C(=O)O)C1c1c(O)cccc1Br. The van der Waals surface area contributed by atoms with Gasteiger partial charge in [0.15, 0.2) is 0 Å². The molecule has 0 heterocycles. The van der Waals surface area contributed by atoms with Gasteiger partial charge in [0.25, 0.3) is 0 Å². The number of benzene rings is 1. The summed E-state index contributed by atoms with van der Waals surface area (Å²) >= 11 is 3.36. The Morgan fingerprint density at radius 2 is 2.06 bits per heavy atom. The second kappa shape index (κ2) is 3.48. The Bertz CT molecular complexity index is 433. The maximum Gasteiger partial charge on any atom is 0.307 e. The molecule has 1 fully saturated rings. The van der Waals surface area contributed by atoms with Gasteiger partial charge in [-0.1, -0.05) is 35.8 Å². The smallest absolute Gasteiger partial charge is 0.307 e. The highest BCUT2D eigenvalue weighted by atomic mass is 79.9. The van der Waals surface area contributed by atoms with Crippen LogP contribution in [-0.4, -0.2) is 16.2 Å². The van der Waals surface area contributed by atoms with Crippen LogP contribution in [0.2, 0.25) is 0 Å². The first-order chi connectivity index (χ1) is 7.37. The van der Waals surface area contributed by atoms with E-state index in [0.717, 1.165) is 4.47 Å². The summed E-state index contributed by atoms with van der Waals surface area (Å²) < 4.78 is 0.773. The summed E-state index contributed by atoms with van der Waals surface area (Å²) in [6, 6.07) is 5.14. The first-order valence-electron chi connectivity index (χ1n) is 5.07. The Kier molecular flexibility index (Phi) is 2.49. The van der Waals surface area contributed by atoms with Crippen molar-refractivity contribution in [2.75, 3.05) is 0 Å². The number of aliphatic carboxylic acids is 1. The lowest BCUT2D eigenvalue weighted by Crippen LogP contribution is -2.03. The van der Waals surface area contributed by atoms with Crippen LogP contribution in [0, 0.1) is 11.3 Å². The standard InChI is InChI=1S/C12H13BrO3/c1-12(2)9(10(12)11(15)16)8-6(13)4-3-5-7(8)14/h3-5,9-10,14H,1-2H3,(H,15,16). The Labute approximate surface area is 102 Å². The predicted octanol–water partition coefficient (Wildman–Crippen LogP) is 2.98. The van der Waals surface area contributed by atoms with Gasteiger partial charge in [0.05, 0.1) is 5.92 Å². The van der Waals surface area contributed by atoms with Crippen molar-refractivity contribution in [3.63, 3.8) is 0 Å². The Hall–Kier alpha value is -1.03. The Morgan fingerprint density at radius 1 is 1.44 bits per heavy atom. The van der Waals surface area contributed by atoms with Crippen LogP contribution in [0.4, 0.5) is 0 Å². The highest BCUT2D eigenvalue weighted by Crippen LogP contribution is 2.66. The molecule has 2 rings (SSSR count). The lowest BCUT2D eigenvalue weighted by Gasteiger charge is -2.07. The summed E-state index contributed by atoms with van der Waals surface area (Å²) in [5.41, 5.74) is 0.410. The van der Waals surface area contributed by atoms with Crippen molar-refractivity contribution in [2.45, 2.75) is 19.8 Å². The van der Waals surface area contributed by atoms with E-state index in [2.05, 4.69) is 15.9 Å². The maximum absolute atomic E-state index is 11.1. The fraction of sp³-hybridized carbons (Fsp3) is 0.417. The van der Waals surface area contributed by atoms with Crippen LogP contribution in [0.15, 0.2) is 22.7 Å². The molecular weight excluding hydrogens is 272 g/mol. The van der Waals surface area contributed by atoms with Gasteiger partial charge in [-0.15, -0.1) is 0 Å². The van der Waals surface area contributed by atoms with Crippen LogP contribution < -0.4 is 0 Å². The topological polar surface area (TPSA) is 57.5 Å². The number of carboxylic acid groups (broad SMARTS) is 1. The third-order valence-electron chi connectivity index (χ3n) is 3.43. The van der Waals surface area contributed by atoms with Gasteiger partial charge in [0.1, 0.15) is 5.75 Å². The molecule has 0 spiro atoms. The second-order valence-corrected chi connectivity index (χ2v) is 5.64. The highest BCUT2D eigenvalue weighted by Gasteiger charge is 2.63. The second-order valence-electron chi connectivity index (χ2n) is 4.79. The molecule has 1 aromatic rings. The molecule has 0 aliphatic heterocycles. The van der Waals surface area contributed by atoms with Crippen LogP contribution in [0.25, 0.3) is 0 Å². The van der Waals surface area contributed by atoms with E-state index in [1.165, 1.54) is 0 Å². The van der Waals surface area contributed by atoms with Crippen molar-refractivity contribution in [1.29, 1.82) is 0 Å². The molecule has 1 aromatic carbocycles. The van der Waals surface area contributed by atoms with Crippen molar-refractivity contribution in [2.24, 2.45) is 11.3 Å². The summed E-state index contributed by atoms with van der Waals surface area (Å²) in [4.78, 5) is 11.1. The minimum atomic E-state index is -0.801. The molecule has 0 aromatic heterocycles. The predicted molar refractivity (Wildman–Crippen MR) is 63.5 cm³/mol. The van der Waals surface area contributed by atoms with E-state index in [9.17, 15) is 9.90 Å². The van der Waals surface area contributed by atoms with Crippen molar-refractivity contribution < 1.29 is 15.0 Å². The molecule has 16 heavy (non-hydrogen) atoms. The Balaban J connectivity index is 2.45. The van der Waals surface area contributed by atoms with Gasteiger partial charge in [-0.05, 0) is 17.5 Å². The average molecular weight is 285 g/mol. The molecule has 1 aliphatic rings. The van der Waals surface area contributed by atoms with Crippen molar-refractivity contribution in [3.05, 3.63) is 28.2 Å². The molecule has 4 heteroatoms. The highest BCUT2D eigenvalue weighted by molar-refractivity contribution is 9.10. The van der Waals surface area contributed by atoms with Crippen molar-refractivity contribution in [1.82, 2.24) is 0 Å². The van der Waals surface area contributed by atoms with Crippen molar-refractivity contribution in [3.8, 4) is 5.75 Å². The summed E-state index contributed by atoms with van der Waals surface area (Å²) in [6.07, 6.45) is 0. The van der Waals surface area contributed by atoms with Gasteiger partial charge in [-0.25, -0.2) is 0 Å². The summed E-state index contributed by atoms with van der Waals surface area (Å²) in [7, 11) is 0. The van der Waals surface area contributed by atoms with Crippen LogP contribution >= 0.6 is 15.9 Å². The number of hydrogen-bond acceptors (Lipinski definition) is 2. The maximum atomic E-state index is 11.1. The number of phenolic OH excluding ortho intramolecular Hbond substituents is 1. The molecule has 0 radical (unpaired) electrons. The summed E-state index contributed by atoms with van der Waals surface area (Å²) in [5, 5.41) is 18.9. The average Bonchev–Trinajstić information content (AvgIpc) is 2.69. The van der Waals surface area contributed by atoms with Crippen LogP contribution in [-0.2, 0) is 4.79 Å². The lowest BCUT2D eigenvalue weighted by molar-refractivity contribution is -0.139. The van der Waals surface area contributed by atoms with E-state index in [1.807, 2.05) is 19.9 Å². The lowest BCUT2D eigenvalue weighted by atomic mass is 10.0. The molecule has 2 unspecified atom stereocenters. The van der Waals surface area contributed by atoms with Crippen molar-refractivity contribution >= 4 is 21.9 Å².